The third-order valence-corrected chi connectivity index (χ3v) is 4.90. The molecule has 1 fully saturated rings. The summed E-state index contributed by atoms with van der Waals surface area (Å²) in [4.78, 5) is 28.1. The Morgan fingerprint density at radius 1 is 0.920 bits per heavy atom. The summed E-state index contributed by atoms with van der Waals surface area (Å²) in [5.41, 5.74) is 0. The fraction of sp³-hybridized carbons (Fsp3) is 0.895. The number of alkyl halides is 1. The van der Waals surface area contributed by atoms with Crippen LogP contribution in [0.5, 0.6) is 0 Å². The van der Waals surface area contributed by atoms with Crippen molar-refractivity contribution in [3.05, 3.63) is 0 Å². The molecule has 0 bridgehead atoms. The number of carbonyl (C=O) groups is 2. The fourth-order valence-electron chi connectivity index (χ4n) is 3.01. The van der Waals surface area contributed by atoms with Gasteiger partial charge in [-0.05, 0) is 19.4 Å². The molecular formula is C19H35ClN2O3. The number of amides is 1. The highest BCUT2D eigenvalue weighted by atomic mass is 35.5. The van der Waals surface area contributed by atoms with Gasteiger partial charge in [0, 0.05) is 38.5 Å². The van der Waals surface area contributed by atoms with E-state index in [9.17, 15) is 9.59 Å². The SMILES string of the molecule is CCCCCCCCOC(=O)CCC(=O)N1CCN(CCCCl)CC1. The predicted octanol–water partition coefficient (Wildman–Crippen LogP) is 3.44. The summed E-state index contributed by atoms with van der Waals surface area (Å²) in [6, 6.07) is 0. The van der Waals surface area contributed by atoms with E-state index in [0.717, 1.165) is 52.0 Å². The molecule has 146 valence electrons. The minimum Gasteiger partial charge on any atom is -0.466 e. The first-order valence-corrected chi connectivity index (χ1v) is 10.4. The van der Waals surface area contributed by atoms with Gasteiger partial charge in [-0.1, -0.05) is 39.0 Å². The van der Waals surface area contributed by atoms with Crippen molar-refractivity contribution in [2.45, 2.75) is 64.7 Å². The Morgan fingerprint density at radius 3 is 2.28 bits per heavy atom. The molecule has 1 rings (SSSR count). The average Bonchev–Trinajstić information content (AvgIpc) is 2.64. The number of ether oxygens (including phenoxy) is 1. The molecule has 0 spiro atoms. The molecule has 0 saturated carbocycles. The number of piperazine rings is 1. The minimum absolute atomic E-state index is 0.0634. The molecular weight excluding hydrogens is 340 g/mol. The van der Waals surface area contributed by atoms with E-state index >= 15 is 0 Å². The summed E-state index contributed by atoms with van der Waals surface area (Å²) in [6.07, 6.45) is 8.47. The van der Waals surface area contributed by atoms with Crippen molar-refractivity contribution < 1.29 is 14.3 Å². The van der Waals surface area contributed by atoms with Gasteiger partial charge in [0.1, 0.15) is 0 Å². The maximum Gasteiger partial charge on any atom is 0.306 e. The molecule has 0 aromatic rings. The van der Waals surface area contributed by atoms with Crippen LogP contribution in [0.15, 0.2) is 0 Å². The molecule has 0 aromatic heterocycles. The van der Waals surface area contributed by atoms with E-state index in [1.54, 1.807) is 0 Å². The van der Waals surface area contributed by atoms with Gasteiger partial charge < -0.3 is 9.64 Å². The molecule has 0 aromatic carbocycles. The van der Waals surface area contributed by atoms with Gasteiger partial charge in [-0.2, -0.15) is 0 Å². The maximum atomic E-state index is 12.2. The highest BCUT2D eigenvalue weighted by Gasteiger charge is 2.21. The number of halogens is 1. The predicted molar refractivity (Wildman–Crippen MR) is 102 cm³/mol. The van der Waals surface area contributed by atoms with Crippen LogP contribution in [-0.2, 0) is 14.3 Å². The highest BCUT2D eigenvalue weighted by molar-refractivity contribution is 6.17. The molecule has 1 aliphatic rings. The second-order valence-electron chi connectivity index (χ2n) is 6.75. The number of esters is 1. The zero-order valence-corrected chi connectivity index (χ0v) is 16.6. The smallest absolute Gasteiger partial charge is 0.306 e. The molecule has 1 heterocycles. The van der Waals surface area contributed by atoms with Gasteiger partial charge in [0.25, 0.3) is 0 Å². The lowest BCUT2D eigenvalue weighted by atomic mass is 10.1. The van der Waals surface area contributed by atoms with Crippen molar-refractivity contribution >= 4 is 23.5 Å². The second-order valence-corrected chi connectivity index (χ2v) is 7.13. The lowest BCUT2D eigenvalue weighted by Gasteiger charge is -2.34. The van der Waals surface area contributed by atoms with E-state index in [4.69, 9.17) is 16.3 Å². The van der Waals surface area contributed by atoms with Crippen LogP contribution in [-0.4, -0.2) is 66.9 Å². The van der Waals surface area contributed by atoms with Crippen LogP contribution >= 0.6 is 11.6 Å². The maximum absolute atomic E-state index is 12.2. The number of rotatable bonds is 13. The quantitative estimate of drug-likeness (QED) is 0.281. The molecule has 6 heteroatoms. The van der Waals surface area contributed by atoms with Crippen LogP contribution in [0, 0.1) is 0 Å². The molecule has 0 radical (unpaired) electrons. The molecule has 25 heavy (non-hydrogen) atoms. The summed E-state index contributed by atoms with van der Waals surface area (Å²) in [6.45, 7) is 6.96. The van der Waals surface area contributed by atoms with Crippen molar-refractivity contribution in [2.24, 2.45) is 0 Å². The van der Waals surface area contributed by atoms with Crippen LogP contribution in [0.1, 0.15) is 64.7 Å². The third-order valence-electron chi connectivity index (χ3n) is 4.64. The van der Waals surface area contributed by atoms with Crippen LogP contribution < -0.4 is 0 Å². The van der Waals surface area contributed by atoms with Gasteiger partial charge >= 0.3 is 5.97 Å². The van der Waals surface area contributed by atoms with Gasteiger partial charge in [-0.25, -0.2) is 0 Å². The van der Waals surface area contributed by atoms with Crippen LogP contribution in [0.2, 0.25) is 0 Å². The van der Waals surface area contributed by atoms with Gasteiger partial charge in [0.2, 0.25) is 5.91 Å². The van der Waals surface area contributed by atoms with E-state index < -0.39 is 0 Å². The first kappa shape index (κ1) is 22.2. The Balaban J connectivity index is 2.03. The average molecular weight is 375 g/mol. The molecule has 1 amide bonds. The number of nitrogens with zero attached hydrogens (tertiary/aromatic N) is 2. The third kappa shape index (κ3) is 10.7. The Morgan fingerprint density at radius 2 is 1.60 bits per heavy atom. The summed E-state index contributed by atoms with van der Waals surface area (Å²) < 4.78 is 5.22. The number of carbonyl (C=O) groups excluding carboxylic acids is 2. The van der Waals surface area contributed by atoms with E-state index in [0.29, 0.717) is 12.5 Å². The van der Waals surface area contributed by atoms with Crippen LogP contribution in [0.3, 0.4) is 0 Å². The van der Waals surface area contributed by atoms with Crippen molar-refractivity contribution in [2.75, 3.05) is 45.2 Å². The minimum atomic E-state index is -0.248. The standard InChI is InChI=1S/C19H35ClN2O3/c1-2-3-4-5-6-7-17-25-19(24)10-9-18(23)22-15-13-21(14-16-22)12-8-11-20/h2-17H2,1H3. The van der Waals surface area contributed by atoms with Gasteiger partial charge in [-0.15, -0.1) is 11.6 Å². The number of hydrogen-bond donors (Lipinski definition) is 0. The van der Waals surface area contributed by atoms with Crippen LogP contribution in [0.4, 0.5) is 0 Å². The molecule has 0 atom stereocenters. The molecule has 1 aliphatic heterocycles. The Hall–Kier alpha value is -0.810. The number of hydrogen-bond acceptors (Lipinski definition) is 4. The zero-order valence-electron chi connectivity index (χ0n) is 15.8. The molecule has 0 N–H and O–H groups in total. The zero-order chi connectivity index (χ0) is 18.3. The lowest BCUT2D eigenvalue weighted by Crippen LogP contribution is -2.48. The topological polar surface area (TPSA) is 49.9 Å². The highest BCUT2D eigenvalue weighted by Crippen LogP contribution is 2.08. The van der Waals surface area contributed by atoms with E-state index in [-0.39, 0.29) is 24.7 Å². The Kier molecular flexibility index (Phi) is 12.8. The number of unbranched alkanes of at least 4 members (excludes halogenated alkanes) is 5. The summed E-state index contributed by atoms with van der Waals surface area (Å²) in [7, 11) is 0. The molecule has 0 unspecified atom stereocenters. The lowest BCUT2D eigenvalue weighted by molar-refractivity contribution is -0.146. The summed E-state index contributed by atoms with van der Waals surface area (Å²) >= 11 is 5.71. The Bertz CT molecular complexity index is 372. The van der Waals surface area contributed by atoms with E-state index in [1.165, 1.54) is 25.7 Å². The Labute approximate surface area is 158 Å². The normalized spacial score (nSPS) is 15.4. The van der Waals surface area contributed by atoms with Gasteiger partial charge in [-0.3, -0.25) is 14.5 Å². The largest absolute Gasteiger partial charge is 0.466 e. The monoisotopic (exact) mass is 374 g/mol. The van der Waals surface area contributed by atoms with E-state index in [1.807, 2.05) is 4.90 Å². The summed E-state index contributed by atoms with van der Waals surface area (Å²) in [5, 5.41) is 0. The van der Waals surface area contributed by atoms with Crippen LogP contribution in [0.25, 0.3) is 0 Å². The molecule has 1 saturated heterocycles. The molecule has 5 nitrogen and oxygen atoms in total. The van der Waals surface area contributed by atoms with Gasteiger partial charge in [0.15, 0.2) is 0 Å². The fourth-order valence-corrected chi connectivity index (χ4v) is 3.13. The molecule has 0 aliphatic carbocycles. The van der Waals surface area contributed by atoms with Crippen molar-refractivity contribution in [1.82, 2.24) is 9.80 Å². The van der Waals surface area contributed by atoms with Crippen molar-refractivity contribution in [3.63, 3.8) is 0 Å². The van der Waals surface area contributed by atoms with Crippen molar-refractivity contribution in [1.29, 1.82) is 0 Å². The van der Waals surface area contributed by atoms with Gasteiger partial charge in [0.05, 0.1) is 13.0 Å². The first-order valence-electron chi connectivity index (χ1n) is 9.89. The van der Waals surface area contributed by atoms with E-state index in [2.05, 4.69) is 11.8 Å². The van der Waals surface area contributed by atoms with Crippen molar-refractivity contribution in [3.8, 4) is 0 Å². The first-order chi connectivity index (χ1) is 12.2. The summed E-state index contributed by atoms with van der Waals surface area (Å²) in [5.74, 6) is 0.496. The second kappa shape index (κ2) is 14.4.